The molecule has 0 saturated heterocycles. The van der Waals surface area contributed by atoms with E-state index >= 15 is 0 Å². The van der Waals surface area contributed by atoms with Crippen LogP contribution in [0.2, 0.25) is 0 Å². The van der Waals surface area contributed by atoms with Crippen molar-refractivity contribution in [3.05, 3.63) is 29.8 Å². The molecule has 1 aromatic rings. The zero-order valence-electron chi connectivity index (χ0n) is 11.9. The van der Waals surface area contributed by atoms with Crippen LogP contribution in [0, 0.1) is 0 Å². The minimum absolute atomic E-state index is 0.0900. The van der Waals surface area contributed by atoms with Gasteiger partial charge in [0, 0.05) is 5.56 Å². The van der Waals surface area contributed by atoms with Gasteiger partial charge in [-0.25, -0.2) is 4.79 Å². The van der Waals surface area contributed by atoms with Crippen LogP contribution in [0.25, 0.3) is 0 Å². The van der Waals surface area contributed by atoms with Gasteiger partial charge in [0.25, 0.3) is 5.60 Å². The Morgan fingerprint density at radius 1 is 1.18 bits per heavy atom. The first-order chi connectivity index (χ1) is 10.2. The Bertz CT molecular complexity index is 538. The molecule has 0 fully saturated rings. The fourth-order valence-electron chi connectivity index (χ4n) is 1.65. The van der Waals surface area contributed by atoms with E-state index in [-0.39, 0.29) is 12.2 Å². The number of ether oxygens (including phenoxy) is 2. The van der Waals surface area contributed by atoms with Gasteiger partial charge < -0.3 is 14.6 Å². The molecule has 0 heterocycles. The summed E-state index contributed by atoms with van der Waals surface area (Å²) in [6.07, 6.45) is -6.79. The molecule has 8 heteroatoms. The Hall–Kier alpha value is -2.09. The van der Waals surface area contributed by atoms with Crippen LogP contribution in [-0.2, 0) is 9.53 Å². The van der Waals surface area contributed by atoms with Crippen molar-refractivity contribution < 1.29 is 37.3 Å². The van der Waals surface area contributed by atoms with E-state index in [1.165, 1.54) is 38.3 Å². The van der Waals surface area contributed by atoms with E-state index in [4.69, 9.17) is 4.74 Å². The molecule has 22 heavy (non-hydrogen) atoms. The summed E-state index contributed by atoms with van der Waals surface area (Å²) in [7, 11) is 1.39. The first-order valence-electron chi connectivity index (χ1n) is 6.29. The second kappa shape index (κ2) is 6.78. The number of hydrogen-bond donors (Lipinski definition) is 1. The maximum atomic E-state index is 12.9. The van der Waals surface area contributed by atoms with Gasteiger partial charge in [0.15, 0.2) is 5.78 Å². The predicted octanol–water partition coefficient (Wildman–Crippen LogP) is 2.12. The summed E-state index contributed by atoms with van der Waals surface area (Å²) in [5.74, 6) is -2.53. The van der Waals surface area contributed by atoms with E-state index in [9.17, 15) is 27.9 Å². The topological polar surface area (TPSA) is 72.8 Å². The zero-order chi connectivity index (χ0) is 17.0. The molecule has 1 N–H and O–H groups in total. The number of methoxy groups -OCH3 is 1. The molecule has 0 aliphatic heterocycles. The highest BCUT2D eigenvalue weighted by atomic mass is 19.4. The molecule has 0 aromatic heterocycles. The van der Waals surface area contributed by atoms with E-state index in [2.05, 4.69) is 4.74 Å². The number of aliphatic hydroxyl groups is 1. The van der Waals surface area contributed by atoms with Crippen LogP contribution >= 0.6 is 0 Å². The van der Waals surface area contributed by atoms with Crippen LogP contribution in [0.3, 0.4) is 0 Å². The maximum Gasteiger partial charge on any atom is 0.428 e. The quantitative estimate of drug-likeness (QED) is 0.642. The van der Waals surface area contributed by atoms with Crippen molar-refractivity contribution in [2.45, 2.75) is 25.1 Å². The number of ketones is 1. The van der Waals surface area contributed by atoms with E-state index in [1.54, 1.807) is 0 Å². The Balaban J connectivity index is 3.03. The standard InChI is InChI=1S/C14H15F3O5/c1-3-22-12(19)13(20,14(15,16)17)8-11(18)9-4-6-10(21-2)7-5-9/h4-7,20H,3,8H2,1-2H3/t13-/m1/s1. The molecule has 1 rings (SSSR count). The molecular formula is C14H15F3O5. The third kappa shape index (κ3) is 3.76. The molecule has 0 aliphatic rings. The highest BCUT2D eigenvalue weighted by molar-refractivity contribution is 6.00. The van der Waals surface area contributed by atoms with Crippen molar-refractivity contribution >= 4 is 11.8 Å². The summed E-state index contributed by atoms with van der Waals surface area (Å²) in [6.45, 7) is 0.938. The van der Waals surface area contributed by atoms with Crippen LogP contribution in [-0.4, -0.2) is 42.4 Å². The number of rotatable bonds is 6. The lowest BCUT2D eigenvalue weighted by molar-refractivity contribution is -0.261. The molecular weight excluding hydrogens is 305 g/mol. The van der Waals surface area contributed by atoms with E-state index in [0.29, 0.717) is 5.75 Å². The lowest BCUT2D eigenvalue weighted by Crippen LogP contribution is -2.54. The SMILES string of the molecule is CCOC(=O)[C@](O)(CC(=O)c1ccc(OC)cc1)C(F)(F)F. The second-order valence-corrected chi connectivity index (χ2v) is 4.41. The number of hydrogen-bond acceptors (Lipinski definition) is 5. The van der Waals surface area contributed by atoms with E-state index in [0.717, 1.165) is 0 Å². The number of alkyl halides is 3. The van der Waals surface area contributed by atoms with Gasteiger partial charge in [0.1, 0.15) is 5.75 Å². The third-order valence-corrected chi connectivity index (χ3v) is 2.91. The number of carbonyl (C=O) groups excluding carboxylic acids is 2. The van der Waals surface area contributed by atoms with Crippen molar-refractivity contribution in [3.63, 3.8) is 0 Å². The Kier molecular flexibility index (Phi) is 5.54. The summed E-state index contributed by atoms with van der Waals surface area (Å²) in [5.41, 5.74) is -3.97. The first-order valence-corrected chi connectivity index (χ1v) is 6.29. The zero-order valence-corrected chi connectivity index (χ0v) is 11.9. The lowest BCUT2D eigenvalue weighted by atomic mass is 9.93. The molecule has 0 saturated carbocycles. The summed E-state index contributed by atoms with van der Waals surface area (Å²) in [5, 5.41) is 9.63. The molecule has 1 atom stereocenters. The van der Waals surface area contributed by atoms with E-state index in [1.807, 2.05) is 0 Å². The van der Waals surface area contributed by atoms with Crippen molar-refractivity contribution in [2.24, 2.45) is 0 Å². The summed E-state index contributed by atoms with van der Waals surface area (Å²) in [4.78, 5) is 23.3. The Morgan fingerprint density at radius 3 is 2.14 bits per heavy atom. The predicted molar refractivity (Wildman–Crippen MR) is 69.6 cm³/mol. The number of esters is 1. The van der Waals surface area contributed by atoms with Crippen molar-refractivity contribution in [1.29, 1.82) is 0 Å². The van der Waals surface area contributed by atoms with Crippen molar-refractivity contribution in [1.82, 2.24) is 0 Å². The smallest absolute Gasteiger partial charge is 0.428 e. The van der Waals surface area contributed by atoms with Crippen LogP contribution < -0.4 is 4.74 Å². The largest absolute Gasteiger partial charge is 0.497 e. The Morgan fingerprint density at radius 2 is 1.73 bits per heavy atom. The lowest BCUT2D eigenvalue weighted by Gasteiger charge is -2.27. The molecule has 0 bridgehead atoms. The van der Waals surface area contributed by atoms with Gasteiger partial charge >= 0.3 is 12.1 Å². The summed E-state index contributed by atoms with van der Waals surface area (Å²) in [6, 6.07) is 5.24. The number of halogens is 3. The monoisotopic (exact) mass is 320 g/mol. The normalized spacial score (nSPS) is 14.1. The second-order valence-electron chi connectivity index (χ2n) is 4.41. The van der Waals surface area contributed by atoms with Gasteiger partial charge in [-0.1, -0.05) is 0 Å². The van der Waals surface area contributed by atoms with Gasteiger partial charge in [-0.05, 0) is 31.2 Å². The van der Waals surface area contributed by atoms with Gasteiger partial charge in [-0.2, -0.15) is 13.2 Å². The highest BCUT2D eigenvalue weighted by Gasteiger charge is 2.61. The summed E-state index contributed by atoms with van der Waals surface area (Å²) >= 11 is 0. The number of Topliss-reactive ketones (excluding diaryl/α,β-unsaturated/α-hetero) is 1. The average molecular weight is 320 g/mol. The van der Waals surface area contributed by atoms with Crippen LogP contribution in [0.4, 0.5) is 13.2 Å². The van der Waals surface area contributed by atoms with Gasteiger partial charge in [0.05, 0.1) is 20.1 Å². The molecule has 1 aromatic carbocycles. The fraction of sp³-hybridized carbons (Fsp3) is 0.429. The molecule has 0 amide bonds. The van der Waals surface area contributed by atoms with Gasteiger partial charge in [-0.3, -0.25) is 4.79 Å². The molecule has 5 nitrogen and oxygen atoms in total. The maximum absolute atomic E-state index is 12.9. The van der Waals surface area contributed by atoms with Crippen LogP contribution in [0.15, 0.2) is 24.3 Å². The van der Waals surface area contributed by atoms with Gasteiger partial charge in [-0.15, -0.1) is 0 Å². The highest BCUT2D eigenvalue weighted by Crippen LogP contribution is 2.35. The van der Waals surface area contributed by atoms with Crippen LogP contribution in [0.5, 0.6) is 5.75 Å². The Labute approximate surface area is 124 Å². The molecule has 0 aliphatic carbocycles. The van der Waals surface area contributed by atoms with Crippen molar-refractivity contribution in [3.8, 4) is 5.75 Å². The third-order valence-electron chi connectivity index (χ3n) is 2.91. The minimum Gasteiger partial charge on any atom is -0.497 e. The number of carbonyl (C=O) groups is 2. The first kappa shape index (κ1) is 18.0. The fourth-order valence-corrected chi connectivity index (χ4v) is 1.65. The molecule has 122 valence electrons. The number of benzene rings is 1. The summed E-state index contributed by atoms with van der Waals surface area (Å²) < 4.78 is 47.9. The molecule has 0 spiro atoms. The average Bonchev–Trinajstić information content (AvgIpc) is 2.46. The molecule has 0 unspecified atom stereocenters. The van der Waals surface area contributed by atoms with Crippen LogP contribution in [0.1, 0.15) is 23.7 Å². The van der Waals surface area contributed by atoms with Gasteiger partial charge in [0.2, 0.25) is 0 Å². The molecule has 0 radical (unpaired) electrons. The van der Waals surface area contributed by atoms with Crippen molar-refractivity contribution in [2.75, 3.05) is 13.7 Å². The van der Waals surface area contributed by atoms with E-state index < -0.39 is 30.0 Å². The minimum atomic E-state index is -5.33.